The summed E-state index contributed by atoms with van der Waals surface area (Å²) in [6.45, 7) is 7.45. The van der Waals surface area contributed by atoms with E-state index in [0.29, 0.717) is 0 Å². The summed E-state index contributed by atoms with van der Waals surface area (Å²) in [5, 5.41) is 7.13. The molecule has 1 N–H and O–H groups in total. The minimum Gasteiger partial charge on any atom is -0.341 e. The Balaban J connectivity index is 2.28. The van der Waals surface area contributed by atoms with Gasteiger partial charge in [0.1, 0.15) is 0 Å². The highest BCUT2D eigenvalue weighted by molar-refractivity contribution is 7.71. The SMILES string of the molecule is CCn1c(N2CCC(C)C2)n[nH]c1=S. The first-order chi connectivity index (χ1) is 6.72. The predicted octanol–water partition coefficient (Wildman–Crippen LogP) is 1.81. The lowest BCUT2D eigenvalue weighted by Gasteiger charge is -2.16. The highest BCUT2D eigenvalue weighted by Gasteiger charge is 2.22. The molecule has 2 heterocycles. The molecule has 1 unspecified atom stereocenters. The van der Waals surface area contributed by atoms with Crippen LogP contribution in [0, 0.1) is 10.7 Å². The van der Waals surface area contributed by atoms with Gasteiger partial charge in [0, 0.05) is 19.6 Å². The molecule has 1 saturated heterocycles. The second kappa shape index (κ2) is 3.73. The Bertz CT molecular complexity index is 367. The van der Waals surface area contributed by atoms with Crippen LogP contribution in [-0.2, 0) is 6.54 Å². The molecule has 5 heteroatoms. The first-order valence-corrected chi connectivity index (χ1v) is 5.53. The number of aromatic nitrogens is 3. The number of aromatic amines is 1. The number of anilines is 1. The summed E-state index contributed by atoms with van der Waals surface area (Å²) in [7, 11) is 0. The Kier molecular flexibility index (Phi) is 2.58. The van der Waals surface area contributed by atoms with Gasteiger partial charge in [-0.25, -0.2) is 5.10 Å². The van der Waals surface area contributed by atoms with Crippen molar-refractivity contribution >= 4 is 18.2 Å². The van der Waals surface area contributed by atoms with E-state index in [1.807, 2.05) is 4.57 Å². The van der Waals surface area contributed by atoms with E-state index in [9.17, 15) is 0 Å². The average Bonchev–Trinajstić information content (AvgIpc) is 2.71. The molecule has 0 radical (unpaired) electrons. The van der Waals surface area contributed by atoms with E-state index < -0.39 is 0 Å². The second-order valence-electron chi connectivity index (χ2n) is 3.91. The van der Waals surface area contributed by atoms with Gasteiger partial charge >= 0.3 is 0 Å². The molecule has 78 valence electrons. The number of nitrogens with one attached hydrogen (secondary N) is 1. The zero-order valence-electron chi connectivity index (χ0n) is 8.66. The van der Waals surface area contributed by atoms with E-state index in [-0.39, 0.29) is 0 Å². The van der Waals surface area contributed by atoms with Gasteiger partial charge in [-0.15, -0.1) is 5.10 Å². The van der Waals surface area contributed by atoms with Crippen molar-refractivity contribution in [3.8, 4) is 0 Å². The van der Waals surface area contributed by atoms with E-state index in [1.54, 1.807) is 0 Å². The fourth-order valence-electron chi connectivity index (χ4n) is 1.95. The molecule has 1 aliphatic rings. The zero-order valence-corrected chi connectivity index (χ0v) is 9.47. The summed E-state index contributed by atoms with van der Waals surface area (Å²) in [5.74, 6) is 1.77. The molecule has 4 nitrogen and oxygen atoms in total. The summed E-state index contributed by atoms with van der Waals surface area (Å²) in [4.78, 5) is 2.31. The van der Waals surface area contributed by atoms with Crippen LogP contribution < -0.4 is 4.90 Å². The van der Waals surface area contributed by atoms with Gasteiger partial charge < -0.3 is 4.90 Å². The maximum Gasteiger partial charge on any atom is 0.225 e. The zero-order chi connectivity index (χ0) is 10.1. The standard InChI is InChI=1S/C9H16N4S/c1-3-13-8(10-11-9(13)14)12-5-4-7(2)6-12/h7H,3-6H2,1-2H3,(H,11,14). The predicted molar refractivity (Wildman–Crippen MR) is 59.1 cm³/mol. The van der Waals surface area contributed by atoms with Gasteiger partial charge in [0.25, 0.3) is 0 Å². The van der Waals surface area contributed by atoms with Gasteiger partial charge in [-0.2, -0.15) is 0 Å². The Labute approximate surface area is 88.9 Å². The Morgan fingerprint density at radius 3 is 3.00 bits per heavy atom. The third kappa shape index (κ3) is 1.56. The summed E-state index contributed by atoms with van der Waals surface area (Å²) in [5.41, 5.74) is 0. The molecule has 1 aromatic rings. The normalized spacial score (nSPS) is 21.9. The minimum absolute atomic E-state index is 0.724. The topological polar surface area (TPSA) is 36.9 Å². The molecule has 1 fully saturated rings. The highest BCUT2D eigenvalue weighted by Crippen LogP contribution is 2.21. The largest absolute Gasteiger partial charge is 0.341 e. The maximum absolute atomic E-state index is 5.16. The van der Waals surface area contributed by atoms with Crippen molar-refractivity contribution < 1.29 is 0 Å². The van der Waals surface area contributed by atoms with Crippen LogP contribution in [0.25, 0.3) is 0 Å². The number of H-pyrrole nitrogens is 1. The first kappa shape index (κ1) is 9.71. The van der Waals surface area contributed by atoms with E-state index in [1.165, 1.54) is 6.42 Å². The molecular weight excluding hydrogens is 196 g/mol. The Morgan fingerprint density at radius 1 is 1.64 bits per heavy atom. The van der Waals surface area contributed by atoms with Crippen LogP contribution in [0.15, 0.2) is 0 Å². The third-order valence-electron chi connectivity index (χ3n) is 2.76. The molecule has 1 aliphatic heterocycles. The van der Waals surface area contributed by atoms with Crippen molar-refractivity contribution in [2.24, 2.45) is 5.92 Å². The minimum atomic E-state index is 0.724. The number of nitrogens with zero attached hydrogens (tertiary/aromatic N) is 3. The molecule has 0 amide bonds. The van der Waals surface area contributed by atoms with E-state index in [4.69, 9.17) is 12.2 Å². The van der Waals surface area contributed by atoms with Gasteiger partial charge in [0.05, 0.1) is 0 Å². The van der Waals surface area contributed by atoms with Gasteiger partial charge in [0.15, 0.2) is 4.77 Å². The third-order valence-corrected chi connectivity index (χ3v) is 3.07. The average molecular weight is 212 g/mol. The van der Waals surface area contributed by atoms with Gasteiger partial charge in [-0.1, -0.05) is 6.92 Å². The molecule has 0 aliphatic carbocycles. The van der Waals surface area contributed by atoms with Crippen LogP contribution in [0.1, 0.15) is 20.3 Å². The lowest BCUT2D eigenvalue weighted by atomic mass is 10.2. The van der Waals surface area contributed by atoms with Crippen LogP contribution in [0.3, 0.4) is 0 Å². The van der Waals surface area contributed by atoms with Crippen molar-refractivity contribution in [3.63, 3.8) is 0 Å². The summed E-state index contributed by atoms with van der Waals surface area (Å²) in [6, 6.07) is 0. The summed E-state index contributed by atoms with van der Waals surface area (Å²) < 4.78 is 2.77. The fraction of sp³-hybridized carbons (Fsp3) is 0.778. The lowest BCUT2D eigenvalue weighted by Crippen LogP contribution is -2.23. The number of hydrogen-bond donors (Lipinski definition) is 1. The molecule has 1 atom stereocenters. The van der Waals surface area contributed by atoms with E-state index in [0.717, 1.165) is 36.3 Å². The second-order valence-corrected chi connectivity index (χ2v) is 4.30. The van der Waals surface area contributed by atoms with Crippen LogP contribution in [0.2, 0.25) is 0 Å². The molecule has 14 heavy (non-hydrogen) atoms. The number of hydrogen-bond acceptors (Lipinski definition) is 3. The van der Waals surface area contributed by atoms with E-state index in [2.05, 4.69) is 28.9 Å². The maximum atomic E-state index is 5.16. The number of rotatable bonds is 2. The van der Waals surface area contributed by atoms with Crippen molar-refractivity contribution in [3.05, 3.63) is 4.77 Å². The van der Waals surface area contributed by atoms with Crippen LogP contribution >= 0.6 is 12.2 Å². The van der Waals surface area contributed by atoms with Crippen LogP contribution in [0.4, 0.5) is 5.95 Å². The molecular formula is C9H16N4S. The fourth-order valence-corrected chi connectivity index (χ4v) is 2.21. The molecule has 1 aromatic heterocycles. The van der Waals surface area contributed by atoms with Gasteiger partial charge in [-0.05, 0) is 31.5 Å². The molecule has 0 bridgehead atoms. The van der Waals surface area contributed by atoms with Crippen molar-refractivity contribution in [1.82, 2.24) is 14.8 Å². The molecule has 0 spiro atoms. The first-order valence-electron chi connectivity index (χ1n) is 5.12. The smallest absolute Gasteiger partial charge is 0.225 e. The molecule has 0 aromatic carbocycles. The van der Waals surface area contributed by atoms with Crippen LogP contribution in [-0.4, -0.2) is 27.9 Å². The molecule has 2 rings (SSSR count). The quantitative estimate of drug-likeness (QED) is 0.760. The van der Waals surface area contributed by atoms with Crippen molar-refractivity contribution in [1.29, 1.82) is 0 Å². The highest BCUT2D eigenvalue weighted by atomic mass is 32.1. The lowest BCUT2D eigenvalue weighted by molar-refractivity contribution is 0.653. The van der Waals surface area contributed by atoms with E-state index >= 15 is 0 Å². The van der Waals surface area contributed by atoms with Crippen molar-refractivity contribution in [2.45, 2.75) is 26.8 Å². The summed E-state index contributed by atoms with van der Waals surface area (Å²) in [6.07, 6.45) is 1.25. The van der Waals surface area contributed by atoms with Crippen LogP contribution in [0.5, 0.6) is 0 Å². The Morgan fingerprint density at radius 2 is 2.43 bits per heavy atom. The van der Waals surface area contributed by atoms with Gasteiger partial charge in [-0.3, -0.25) is 4.57 Å². The Hall–Kier alpha value is -0.840. The summed E-state index contributed by atoms with van der Waals surface area (Å²) >= 11 is 5.16. The monoisotopic (exact) mass is 212 g/mol. The van der Waals surface area contributed by atoms with Crippen molar-refractivity contribution in [2.75, 3.05) is 18.0 Å². The molecule has 0 saturated carbocycles. The van der Waals surface area contributed by atoms with Gasteiger partial charge in [0.2, 0.25) is 5.95 Å².